The minimum Gasteiger partial charge on any atom is -0.497 e. The first kappa shape index (κ1) is 20.9. The number of carbonyl (C=O) groups excluding carboxylic acids is 1. The van der Waals surface area contributed by atoms with Gasteiger partial charge in [0.2, 0.25) is 0 Å². The van der Waals surface area contributed by atoms with E-state index in [0.717, 1.165) is 22.7 Å². The van der Waals surface area contributed by atoms with Crippen molar-refractivity contribution in [3.63, 3.8) is 0 Å². The van der Waals surface area contributed by atoms with E-state index >= 15 is 0 Å². The molecule has 0 atom stereocenters. The highest BCUT2D eigenvalue weighted by atomic mass is 35.5. The number of methoxy groups -OCH3 is 1. The van der Waals surface area contributed by atoms with Crippen LogP contribution in [0.15, 0.2) is 36.5 Å². The lowest BCUT2D eigenvalue weighted by Gasteiger charge is -2.10. The van der Waals surface area contributed by atoms with Crippen LogP contribution < -0.4 is 10.1 Å². The first-order valence-electron chi connectivity index (χ1n) is 9.84. The Balaban J connectivity index is 1.60. The molecule has 31 heavy (non-hydrogen) atoms. The van der Waals surface area contributed by atoms with Crippen LogP contribution in [0.4, 0.5) is 0 Å². The predicted molar refractivity (Wildman–Crippen MR) is 120 cm³/mol. The number of pyridine rings is 1. The standard InChI is InChI=1S/C22H23ClN6O2/c1-13-20(23)14(2)29(27-13)10-9-24-22(30)17-11-19(15-5-7-16(31-4)8-6-15)26-21-18(17)12-25-28(21)3/h5-8,11-12H,9-10H2,1-4H3,(H,24,30). The molecule has 0 aliphatic carbocycles. The molecule has 3 heterocycles. The summed E-state index contributed by atoms with van der Waals surface area (Å²) < 4.78 is 8.69. The summed E-state index contributed by atoms with van der Waals surface area (Å²) in [4.78, 5) is 17.8. The maximum absolute atomic E-state index is 13.0. The highest BCUT2D eigenvalue weighted by Crippen LogP contribution is 2.26. The number of aromatic nitrogens is 5. The highest BCUT2D eigenvalue weighted by molar-refractivity contribution is 6.31. The van der Waals surface area contributed by atoms with E-state index in [1.807, 2.05) is 38.1 Å². The van der Waals surface area contributed by atoms with Crippen LogP contribution in [0.1, 0.15) is 21.7 Å². The fourth-order valence-corrected chi connectivity index (χ4v) is 3.61. The van der Waals surface area contributed by atoms with Crippen molar-refractivity contribution in [2.75, 3.05) is 13.7 Å². The molecule has 9 heteroatoms. The van der Waals surface area contributed by atoms with Gasteiger partial charge in [-0.15, -0.1) is 0 Å². The molecule has 0 saturated heterocycles. The monoisotopic (exact) mass is 438 g/mol. The topological polar surface area (TPSA) is 86.9 Å². The van der Waals surface area contributed by atoms with Crippen molar-refractivity contribution >= 4 is 28.5 Å². The van der Waals surface area contributed by atoms with Crippen LogP contribution in [0.25, 0.3) is 22.3 Å². The summed E-state index contributed by atoms with van der Waals surface area (Å²) in [7, 11) is 3.43. The fraction of sp³-hybridized carbons (Fsp3) is 0.273. The van der Waals surface area contributed by atoms with Gasteiger partial charge in [0, 0.05) is 19.2 Å². The maximum Gasteiger partial charge on any atom is 0.252 e. The van der Waals surface area contributed by atoms with Crippen molar-refractivity contribution in [2.24, 2.45) is 7.05 Å². The van der Waals surface area contributed by atoms with Crippen LogP contribution in [0.3, 0.4) is 0 Å². The Labute approximate surface area is 184 Å². The maximum atomic E-state index is 13.0. The third-order valence-corrected chi connectivity index (χ3v) is 5.78. The Bertz CT molecular complexity index is 1260. The van der Waals surface area contributed by atoms with Gasteiger partial charge >= 0.3 is 0 Å². The molecule has 0 spiro atoms. The molecule has 160 valence electrons. The van der Waals surface area contributed by atoms with E-state index in [2.05, 4.69) is 15.5 Å². The van der Waals surface area contributed by atoms with Crippen molar-refractivity contribution < 1.29 is 9.53 Å². The number of amides is 1. The van der Waals surface area contributed by atoms with Gasteiger partial charge in [-0.25, -0.2) is 4.98 Å². The normalized spacial score (nSPS) is 11.1. The summed E-state index contributed by atoms with van der Waals surface area (Å²) in [6.45, 7) is 4.71. The van der Waals surface area contributed by atoms with E-state index in [-0.39, 0.29) is 5.91 Å². The molecule has 8 nitrogen and oxygen atoms in total. The zero-order valence-electron chi connectivity index (χ0n) is 17.8. The minimum absolute atomic E-state index is 0.192. The molecule has 0 aliphatic heterocycles. The van der Waals surface area contributed by atoms with E-state index < -0.39 is 0 Å². The molecular weight excluding hydrogens is 416 g/mol. The molecule has 0 saturated carbocycles. The van der Waals surface area contributed by atoms with E-state index in [1.165, 1.54) is 0 Å². The summed E-state index contributed by atoms with van der Waals surface area (Å²) in [6, 6.07) is 9.35. The van der Waals surface area contributed by atoms with Crippen molar-refractivity contribution in [1.82, 2.24) is 29.9 Å². The average Bonchev–Trinajstić information content (AvgIpc) is 3.27. The van der Waals surface area contributed by atoms with Crippen LogP contribution in [-0.4, -0.2) is 44.1 Å². The summed E-state index contributed by atoms with van der Waals surface area (Å²) in [5.41, 5.74) is 4.40. The Morgan fingerprint density at radius 2 is 1.97 bits per heavy atom. The largest absolute Gasteiger partial charge is 0.497 e. The quantitative estimate of drug-likeness (QED) is 0.497. The molecule has 1 aromatic carbocycles. The number of halogens is 1. The van der Waals surface area contributed by atoms with E-state index in [9.17, 15) is 4.79 Å². The molecule has 4 rings (SSSR count). The Kier molecular flexibility index (Phi) is 5.65. The average molecular weight is 439 g/mol. The number of carbonyl (C=O) groups is 1. The number of rotatable bonds is 6. The predicted octanol–water partition coefficient (Wildman–Crippen LogP) is 3.54. The van der Waals surface area contributed by atoms with Gasteiger partial charge in [0.25, 0.3) is 5.91 Å². The van der Waals surface area contributed by atoms with Crippen molar-refractivity contribution in [1.29, 1.82) is 0 Å². The number of hydrogen-bond acceptors (Lipinski definition) is 5. The van der Waals surface area contributed by atoms with Gasteiger partial charge in [-0.1, -0.05) is 11.6 Å². The lowest BCUT2D eigenvalue weighted by molar-refractivity contribution is 0.0953. The van der Waals surface area contributed by atoms with Crippen LogP contribution in [-0.2, 0) is 13.6 Å². The summed E-state index contributed by atoms with van der Waals surface area (Å²) in [5.74, 6) is 0.565. The van der Waals surface area contributed by atoms with Crippen LogP contribution in [0, 0.1) is 13.8 Å². The van der Waals surface area contributed by atoms with Gasteiger partial charge in [0.1, 0.15) is 5.75 Å². The summed E-state index contributed by atoms with van der Waals surface area (Å²) >= 11 is 6.20. The molecular formula is C22H23ClN6O2. The summed E-state index contributed by atoms with van der Waals surface area (Å²) in [5, 5.41) is 13.0. The van der Waals surface area contributed by atoms with Gasteiger partial charge in [-0.3, -0.25) is 14.2 Å². The molecule has 4 aromatic rings. The molecule has 0 unspecified atom stereocenters. The van der Waals surface area contributed by atoms with E-state index in [4.69, 9.17) is 21.3 Å². The number of nitrogens with zero attached hydrogens (tertiary/aromatic N) is 5. The number of benzene rings is 1. The first-order chi connectivity index (χ1) is 14.9. The molecule has 3 aromatic heterocycles. The molecule has 1 amide bonds. The number of nitrogens with one attached hydrogen (secondary N) is 1. The molecule has 0 radical (unpaired) electrons. The third kappa shape index (κ3) is 3.98. The highest BCUT2D eigenvalue weighted by Gasteiger charge is 2.17. The zero-order chi connectivity index (χ0) is 22.1. The van der Waals surface area contributed by atoms with Crippen LogP contribution >= 0.6 is 11.6 Å². The van der Waals surface area contributed by atoms with E-state index in [0.29, 0.717) is 40.4 Å². The lowest BCUT2D eigenvalue weighted by atomic mass is 10.1. The van der Waals surface area contributed by atoms with Crippen molar-refractivity contribution in [3.05, 3.63) is 58.5 Å². The van der Waals surface area contributed by atoms with Crippen LogP contribution in [0.5, 0.6) is 5.75 Å². The SMILES string of the molecule is COc1ccc(-c2cc(C(=O)NCCn3nc(C)c(Cl)c3C)c3cnn(C)c3n2)cc1. The molecule has 0 fully saturated rings. The van der Waals surface area contributed by atoms with Gasteiger partial charge in [0.15, 0.2) is 5.65 Å². The second kappa shape index (κ2) is 8.39. The van der Waals surface area contributed by atoms with Gasteiger partial charge < -0.3 is 10.1 Å². The zero-order valence-corrected chi connectivity index (χ0v) is 18.6. The lowest BCUT2D eigenvalue weighted by Crippen LogP contribution is -2.28. The fourth-order valence-electron chi connectivity index (χ4n) is 3.48. The number of aryl methyl sites for hydroxylation is 2. The second-order valence-electron chi connectivity index (χ2n) is 7.25. The number of hydrogen-bond donors (Lipinski definition) is 1. The van der Waals surface area contributed by atoms with Crippen molar-refractivity contribution in [3.8, 4) is 17.0 Å². The third-order valence-electron chi connectivity index (χ3n) is 5.24. The minimum atomic E-state index is -0.192. The van der Waals surface area contributed by atoms with Gasteiger partial charge in [-0.05, 0) is 44.2 Å². The second-order valence-corrected chi connectivity index (χ2v) is 7.63. The van der Waals surface area contributed by atoms with Crippen LogP contribution in [0.2, 0.25) is 5.02 Å². The summed E-state index contributed by atoms with van der Waals surface area (Å²) in [6.07, 6.45) is 1.66. The Morgan fingerprint density at radius 3 is 2.61 bits per heavy atom. The Hall–Kier alpha value is -3.39. The van der Waals surface area contributed by atoms with E-state index in [1.54, 1.807) is 35.8 Å². The number of ether oxygens (including phenoxy) is 1. The van der Waals surface area contributed by atoms with Gasteiger partial charge in [0.05, 0.1) is 52.9 Å². The molecule has 1 N–H and O–H groups in total. The Morgan fingerprint density at radius 1 is 1.23 bits per heavy atom. The number of fused-ring (bicyclic) bond motifs is 1. The molecule has 0 bridgehead atoms. The molecule has 0 aliphatic rings. The smallest absolute Gasteiger partial charge is 0.252 e. The van der Waals surface area contributed by atoms with Gasteiger partial charge in [-0.2, -0.15) is 10.2 Å². The first-order valence-corrected chi connectivity index (χ1v) is 10.2. The van der Waals surface area contributed by atoms with Crippen molar-refractivity contribution in [2.45, 2.75) is 20.4 Å².